The first-order valence-corrected chi connectivity index (χ1v) is 8.46. The van der Waals surface area contributed by atoms with Crippen LogP contribution >= 0.6 is 11.6 Å². The lowest BCUT2D eigenvalue weighted by Crippen LogP contribution is -2.40. The van der Waals surface area contributed by atoms with E-state index in [0.29, 0.717) is 18.9 Å². The number of alkyl halides is 1. The van der Waals surface area contributed by atoms with E-state index in [1.807, 2.05) is 13.8 Å². The summed E-state index contributed by atoms with van der Waals surface area (Å²) in [6, 6.07) is 0. The van der Waals surface area contributed by atoms with Gasteiger partial charge >= 0.3 is 11.9 Å². The van der Waals surface area contributed by atoms with Gasteiger partial charge in [-0.2, -0.15) is 0 Å². The first-order chi connectivity index (χ1) is 9.97. The molecule has 1 saturated heterocycles. The summed E-state index contributed by atoms with van der Waals surface area (Å²) < 4.78 is 10.8. The van der Waals surface area contributed by atoms with Crippen molar-refractivity contribution in [1.82, 2.24) is 0 Å². The molecule has 1 aliphatic carbocycles. The van der Waals surface area contributed by atoms with Crippen molar-refractivity contribution in [1.29, 1.82) is 0 Å². The largest absolute Gasteiger partial charge is 0.465 e. The summed E-state index contributed by atoms with van der Waals surface area (Å²) in [6.45, 7) is 4.40. The fourth-order valence-electron chi connectivity index (χ4n) is 3.73. The third-order valence-corrected chi connectivity index (χ3v) is 4.91. The van der Waals surface area contributed by atoms with Crippen molar-refractivity contribution in [3.63, 3.8) is 0 Å². The van der Waals surface area contributed by atoms with Gasteiger partial charge in [-0.1, -0.05) is 19.8 Å². The number of unbranched alkanes of at least 4 members (excludes halogenated alkanes) is 3. The molecule has 0 radical (unpaired) electrons. The van der Waals surface area contributed by atoms with Crippen LogP contribution in [0.1, 0.15) is 52.4 Å². The number of rotatable bonds is 7. The lowest BCUT2D eigenvalue weighted by atomic mass is 9.69. The standard InChI is InChI=1S/C16H25ClO4/c1-11-9-16(2)10-12(14(18)21-16)13(11)15(19)20-8-6-4-3-5-7-17/h11-13H,3-10H2,1-2H3/t11-,12-,13+,16-/m0/s1. The van der Waals surface area contributed by atoms with E-state index in [1.165, 1.54) is 0 Å². The molecule has 4 atom stereocenters. The molecule has 0 N–H and O–H groups in total. The smallest absolute Gasteiger partial charge is 0.310 e. The van der Waals surface area contributed by atoms with Crippen LogP contribution in [0.15, 0.2) is 0 Å². The van der Waals surface area contributed by atoms with Crippen LogP contribution in [0.4, 0.5) is 0 Å². The number of esters is 2. The Kier molecular flexibility index (Phi) is 5.53. The quantitative estimate of drug-likeness (QED) is 0.411. The van der Waals surface area contributed by atoms with Gasteiger partial charge in [0, 0.05) is 12.3 Å². The monoisotopic (exact) mass is 316 g/mol. The Hall–Kier alpha value is -0.770. The van der Waals surface area contributed by atoms with E-state index < -0.39 is 0 Å². The number of halogens is 1. The summed E-state index contributed by atoms with van der Waals surface area (Å²) >= 11 is 5.61. The molecule has 2 bridgehead atoms. The summed E-state index contributed by atoms with van der Waals surface area (Å²) in [4.78, 5) is 24.2. The van der Waals surface area contributed by atoms with Gasteiger partial charge in [0.15, 0.2) is 0 Å². The summed E-state index contributed by atoms with van der Waals surface area (Å²) in [5.41, 5.74) is -0.375. The van der Waals surface area contributed by atoms with Crippen LogP contribution < -0.4 is 0 Å². The molecule has 1 aliphatic heterocycles. The normalized spacial score (nSPS) is 34.6. The number of fused-ring (bicyclic) bond motifs is 2. The van der Waals surface area contributed by atoms with Crippen LogP contribution in [-0.4, -0.2) is 30.0 Å². The zero-order valence-electron chi connectivity index (χ0n) is 12.9. The Bertz CT molecular complexity index is 398. The highest BCUT2D eigenvalue weighted by Crippen LogP contribution is 2.48. The third-order valence-electron chi connectivity index (χ3n) is 4.65. The summed E-state index contributed by atoms with van der Waals surface area (Å²) in [5, 5.41) is 0. The molecule has 1 saturated carbocycles. The van der Waals surface area contributed by atoms with E-state index in [9.17, 15) is 9.59 Å². The second kappa shape index (κ2) is 6.99. The second-order valence-corrected chi connectivity index (χ2v) is 7.04. The van der Waals surface area contributed by atoms with Gasteiger partial charge in [-0.15, -0.1) is 11.6 Å². The molecule has 1 heterocycles. The van der Waals surface area contributed by atoms with Gasteiger partial charge in [0.25, 0.3) is 0 Å². The molecule has 2 aliphatic rings. The molecule has 21 heavy (non-hydrogen) atoms. The molecule has 2 rings (SSSR count). The molecule has 0 aromatic heterocycles. The van der Waals surface area contributed by atoms with Gasteiger partial charge in [-0.3, -0.25) is 9.59 Å². The Morgan fingerprint density at radius 2 is 2.05 bits per heavy atom. The van der Waals surface area contributed by atoms with E-state index in [2.05, 4.69) is 0 Å². The predicted molar refractivity (Wildman–Crippen MR) is 80.0 cm³/mol. The van der Waals surface area contributed by atoms with E-state index in [0.717, 1.165) is 32.1 Å². The maximum absolute atomic E-state index is 12.3. The summed E-state index contributed by atoms with van der Waals surface area (Å²) in [6.07, 6.45) is 5.33. The predicted octanol–water partition coefficient (Wildman–Crippen LogP) is 3.31. The number of ether oxygens (including phenoxy) is 2. The maximum Gasteiger partial charge on any atom is 0.310 e. The molecule has 4 nitrogen and oxygen atoms in total. The van der Waals surface area contributed by atoms with Crippen molar-refractivity contribution < 1.29 is 19.1 Å². The van der Waals surface area contributed by atoms with Crippen LogP contribution in [0.3, 0.4) is 0 Å². The van der Waals surface area contributed by atoms with Gasteiger partial charge in [0.05, 0.1) is 18.4 Å². The SMILES string of the molecule is C[C@H]1C[C@@]2(C)C[C@H](C(=O)O2)[C@@H]1C(=O)OCCCCCCCl. The fourth-order valence-corrected chi connectivity index (χ4v) is 3.92. The van der Waals surface area contributed by atoms with Crippen LogP contribution in [0.25, 0.3) is 0 Å². The molecule has 0 unspecified atom stereocenters. The van der Waals surface area contributed by atoms with Crippen molar-refractivity contribution in [2.45, 2.75) is 58.0 Å². The molecule has 0 aromatic carbocycles. The highest BCUT2D eigenvalue weighted by atomic mass is 35.5. The Morgan fingerprint density at radius 3 is 2.76 bits per heavy atom. The van der Waals surface area contributed by atoms with E-state index in [4.69, 9.17) is 21.1 Å². The van der Waals surface area contributed by atoms with Crippen molar-refractivity contribution in [3.8, 4) is 0 Å². The fraction of sp³-hybridized carbons (Fsp3) is 0.875. The molecule has 2 fully saturated rings. The number of carbonyl (C=O) groups excluding carboxylic acids is 2. The lowest BCUT2D eigenvalue weighted by Gasteiger charge is -2.34. The van der Waals surface area contributed by atoms with Crippen LogP contribution in [0, 0.1) is 17.8 Å². The first-order valence-electron chi connectivity index (χ1n) is 7.92. The van der Waals surface area contributed by atoms with Gasteiger partial charge in [0.1, 0.15) is 5.60 Å². The molecule has 0 amide bonds. The average molecular weight is 317 g/mol. The third kappa shape index (κ3) is 3.91. The van der Waals surface area contributed by atoms with Crippen molar-refractivity contribution in [2.75, 3.05) is 12.5 Å². The lowest BCUT2D eigenvalue weighted by molar-refractivity contribution is -0.157. The van der Waals surface area contributed by atoms with E-state index in [-0.39, 0.29) is 35.3 Å². The molecule has 0 aromatic rings. The van der Waals surface area contributed by atoms with Crippen LogP contribution in [0.2, 0.25) is 0 Å². The minimum absolute atomic E-state index is 0.129. The number of hydrogen-bond donors (Lipinski definition) is 0. The number of hydrogen-bond acceptors (Lipinski definition) is 4. The molecular weight excluding hydrogens is 292 g/mol. The topological polar surface area (TPSA) is 52.6 Å². The Morgan fingerprint density at radius 1 is 1.33 bits per heavy atom. The minimum Gasteiger partial charge on any atom is -0.465 e. The van der Waals surface area contributed by atoms with Crippen LogP contribution in [0.5, 0.6) is 0 Å². The maximum atomic E-state index is 12.3. The zero-order chi connectivity index (χ0) is 15.5. The van der Waals surface area contributed by atoms with Crippen molar-refractivity contribution in [3.05, 3.63) is 0 Å². The van der Waals surface area contributed by atoms with E-state index >= 15 is 0 Å². The average Bonchev–Trinajstić information content (AvgIpc) is 2.64. The van der Waals surface area contributed by atoms with Gasteiger partial charge in [0.2, 0.25) is 0 Å². The van der Waals surface area contributed by atoms with Gasteiger partial charge in [-0.25, -0.2) is 0 Å². The zero-order valence-corrected chi connectivity index (χ0v) is 13.7. The Balaban J connectivity index is 1.80. The van der Waals surface area contributed by atoms with E-state index in [1.54, 1.807) is 0 Å². The highest BCUT2D eigenvalue weighted by molar-refractivity contribution is 6.17. The van der Waals surface area contributed by atoms with Crippen molar-refractivity contribution >= 4 is 23.5 Å². The highest BCUT2D eigenvalue weighted by Gasteiger charge is 2.56. The first kappa shape index (κ1) is 16.6. The van der Waals surface area contributed by atoms with Crippen molar-refractivity contribution in [2.24, 2.45) is 17.8 Å². The Labute approximate surface area is 131 Å². The molecule has 120 valence electrons. The second-order valence-electron chi connectivity index (χ2n) is 6.66. The summed E-state index contributed by atoms with van der Waals surface area (Å²) in [5.74, 6) is -0.305. The van der Waals surface area contributed by atoms with Crippen LogP contribution in [-0.2, 0) is 19.1 Å². The molecule has 5 heteroatoms. The minimum atomic E-state index is -0.375. The molecule has 0 spiro atoms. The number of carbonyl (C=O) groups is 2. The van der Waals surface area contributed by atoms with Gasteiger partial charge in [-0.05, 0) is 32.1 Å². The van der Waals surface area contributed by atoms with Gasteiger partial charge < -0.3 is 9.47 Å². The summed E-state index contributed by atoms with van der Waals surface area (Å²) in [7, 11) is 0. The molecular formula is C16H25ClO4.